The van der Waals surface area contributed by atoms with Crippen LogP contribution in [0.1, 0.15) is 30.1 Å². The van der Waals surface area contributed by atoms with Crippen molar-refractivity contribution in [1.82, 2.24) is 5.32 Å². The topological polar surface area (TPSA) is 49.4 Å². The minimum absolute atomic E-state index is 0.00537. The molecule has 0 aliphatic carbocycles. The fraction of sp³-hybridized carbons (Fsp3) is 0.467. The summed E-state index contributed by atoms with van der Waals surface area (Å²) in [4.78, 5) is 24.0. The van der Waals surface area contributed by atoms with Gasteiger partial charge in [0, 0.05) is 37.8 Å². The summed E-state index contributed by atoms with van der Waals surface area (Å²) < 4.78 is 13.1. The van der Waals surface area contributed by atoms with E-state index in [0.717, 1.165) is 31.6 Å². The van der Waals surface area contributed by atoms with Gasteiger partial charge in [-0.1, -0.05) is 0 Å². The zero-order valence-electron chi connectivity index (χ0n) is 11.6. The van der Waals surface area contributed by atoms with Gasteiger partial charge in [0.25, 0.3) is 0 Å². The number of hydrogen-bond donors (Lipinski definition) is 1. The second kappa shape index (κ2) is 6.50. The van der Waals surface area contributed by atoms with Gasteiger partial charge in [-0.05, 0) is 37.0 Å². The maximum atomic E-state index is 13.1. The van der Waals surface area contributed by atoms with Crippen molar-refractivity contribution in [3.8, 4) is 0 Å². The number of nitrogens with one attached hydrogen (secondary N) is 1. The van der Waals surface area contributed by atoms with Crippen LogP contribution in [0.2, 0.25) is 0 Å². The Labute approximate surface area is 118 Å². The van der Waals surface area contributed by atoms with E-state index in [4.69, 9.17) is 0 Å². The Bertz CT molecular complexity index is 497. The molecule has 1 aromatic rings. The Morgan fingerprint density at radius 2 is 2.15 bits per heavy atom. The Kier molecular flexibility index (Phi) is 4.71. The number of halogens is 1. The van der Waals surface area contributed by atoms with Crippen LogP contribution in [-0.2, 0) is 4.79 Å². The average Bonchev–Trinajstić information content (AvgIpc) is 2.45. The van der Waals surface area contributed by atoms with Crippen LogP contribution in [0.3, 0.4) is 0 Å². The summed E-state index contributed by atoms with van der Waals surface area (Å²) in [6.07, 6.45) is 2.60. The van der Waals surface area contributed by atoms with E-state index in [0.29, 0.717) is 24.3 Å². The van der Waals surface area contributed by atoms with Crippen molar-refractivity contribution in [3.63, 3.8) is 0 Å². The van der Waals surface area contributed by atoms with Gasteiger partial charge in [-0.25, -0.2) is 4.39 Å². The maximum Gasteiger partial charge on any atom is 0.216 e. The zero-order chi connectivity index (χ0) is 14.5. The highest BCUT2D eigenvalue weighted by Crippen LogP contribution is 2.26. The lowest BCUT2D eigenvalue weighted by Crippen LogP contribution is -2.38. The number of anilines is 1. The van der Waals surface area contributed by atoms with Crippen LogP contribution in [-0.4, -0.2) is 31.8 Å². The summed E-state index contributed by atoms with van der Waals surface area (Å²) in [5.74, 6) is 0.0703. The van der Waals surface area contributed by atoms with Crippen molar-refractivity contribution in [2.24, 2.45) is 5.92 Å². The molecule has 1 heterocycles. The minimum atomic E-state index is -0.392. The number of aldehydes is 1. The summed E-state index contributed by atoms with van der Waals surface area (Å²) >= 11 is 0. The molecule has 1 aliphatic rings. The molecule has 1 aromatic carbocycles. The molecule has 5 heteroatoms. The van der Waals surface area contributed by atoms with Crippen molar-refractivity contribution in [3.05, 3.63) is 29.6 Å². The standard InChI is InChI=1S/C15H19FN2O2/c1-11(20)17-9-12-4-6-18(7-5-12)15-3-2-14(16)8-13(15)10-19/h2-3,8,10,12H,4-7,9H2,1H3,(H,17,20). The van der Waals surface area contributed by atoms with E-state index in [1.54, 1.807) is 6.07 Å². The van der Waals surface area contributed by atoms with E-state index >= 15 is 0 Å². The Hall–Kier alpha value is -1.91. The van der Waals surface area contributed by atoms with Gasteiger partial charge in [0.2, 0.25) is 5.91 Å². The molecule has 0 saturated carbocycles. The molecule has 108 valence electrons. The third-order valence-electron chi connectivity index (χ3n) is 3.71. The highest BCUT2D eigenvalue weighted by atomic mass is 19.1. The molecule has 1 saturated heterocycles. The second-order valence-corrected chi connectivity index (χ2v) is 5.19. The van der Waals surface area contributed by atoms with Gasteiger partial charge in [0.05, 0.1) is 0 Å². The Balaban J connectivity index is 1.97. The van der Waals surface area contributed by atoms with Gasteiger partial charge in [-0.15, -0.1) is 0 Å². The van der Waals surface area contributed by atoms with Gasteiger partial charge in [-0.3, -0.25) is 9.59 Å². The molecule has 1 fully saturated rings. The van der Waals surface area contributed by atoms with Crippen LogP contribution < -0.4 is 10.2 Å². The van der Waals surface area contributed by atoms with E-state index in [1.807, 2.05) is 0 Å². The van der Waals surface area contributed by atoms with Crippen molar-refractivity contribution in [1.29, 1.82) is 0 Å². The number of carbonyl (C=O) groups excluding carboxylic acids is 2. The predicted molar refractivity (Wildman–Crippen MR) is 75.4 cm³/mol. The number of hydrogen-bond acceptors (Lipinski definition) is 3. The van der Waals surface area contributed by atoms with Crippen LogP contribution in [0.5, 0.6) is 0 Å². The molecule has 0 atom stereocenters. The lowest BCUT2D eigenvalue weighted by atomic mass is 9.96. The highest BCUT2D eigenvalue weighted by Gasteiger charge is 2.21. The monoisotopic (exact) mass is 278 g/mol. The molecule has 0 aromatic heterocycles. The molecule has 2 rings (SSSR count). The fourth-order valence-corrected chi connectivity index (χ4v) is 2.57. The van der Waals surface area contributed by atoms with Gasteiger partial charge < -0.3 is 10.2 Å². The summed E-state index contributed by atoms with van der Waals surface area (Å²) in [6.45, 7) is 3.85. The van der Waals surface area contributed by atoms with Gasteiger partial charge in [-0.2, -0.15) is 0 Å². The van der Waals surface area contributed by atoms with E-state index < -0.39 is 5.82 Å². The van der Waals surface area contributed by atoms with Crippen LogP contribution in [0.4, 0.5) is 10.1 Å². The Morgan fingerprint density at radius 3 is 2.75 bits per heavy atom. The first-order valence-electron chi connectivity index (χ1n) is 6.84. The summed E-state index contributed by atoms with van der Waals surface area (Å²) in [7, 11) is 0. The number of rotatable bonds is 4. The number of amides is 1. The number of nitrogens with zero attached hydrogens (tertiary/aromatic N) is 1. The maximum absolute atomic E-state index is 13.1. The number of carbonyl (C=O) groups is 2. The Morgan fingerprint density at radius 1 is 1.45 bits per heavy atom. The molecule has 0 radical (unpaired) electrons. The third-order valence-corrected chi connectivity index (χ3v) is 3.71. The molecule has 1 aliphatic heterocycles. The third kappa shape index (κ3) is 3.56. The van der Waals surface area contributed by atoms with Gasteiger partial charge >= 0.3 is 0 Å². The van der Waals surface area contributed by atoms with E-state index in [-0.39, 0.29) is 5.91 Å². The minimum Gasteiger partial charge on any atom is -0.371 e. The highest BCUT2D eigenvalue weighted by molar-refractivity contribution is 5.84. The average molecular weight is 278 g/mol. The predicted octanol–water partition coefficient (Wildman–Crippen LogP) is 1.99. The largest absolute Gasteiger partial charge is 0.371 e. The molecule has 1 amide bonds. The van der Waals surface area contributed by atoms with Crippen molar-refractivity contribution < 1.29 is 14.0 Å². The van der Waals surface area contributed by atoms with Crippen molar-refractivity contribution in [2.45, 2.75) is 19.8 Å². The molecule has 1 N–H and O–H groups in total. The van der Waals surface area contributed by atoms with Gasteiger partial charge in [0.15, 0.2) is 6.29 Å². The lowest BCUT2D eigenvalue weighted by molar-refractivity contribution is -0.119. The molecule has 20 heavy (non-hydrogen) atoms. The van der Waals surface area contributed by atoms with E-state index in [1.165, 1.54) is 19.1 Å². The van der Waals surface area contributed by atoms with Crippen LogP contribution >= 0.6 is 0 Å². The second-order valence-electron chi connectivity index (χ2n) is 5.19. The normalized spacial score (nSPS) is 16.0. The van der Waals surface area contributed by atoms with Crippen molar-refractivity contribution in [2.75, 3.05) is 24.5 Å². The van der Waals surface area contributed by atoms with E-state index in [9.17, 15) is 14.0 Å². The first-order chi connectivity index (χ1) is 9.60. The SMILES string of the molecule is CC(=O)NCC1CCN(c2ccc(F)cc2C=O)CC1. The summed E-state index contributed by atoms with van der Waals surface area (Å²) in [6, 6.07) is 4.31. The summed E-state index contributed by atoms with van der Waals surface area (Å²) in [5.41, 5.74) is 1.18. The quantitative estimate of drug-likeness (QED) is 0.857. The number of benzene rings is 1. The van der Waals surface area contributed by atoms with Crippen LogP contribution in [0.15, 0.2) is 18.2 Å². The first kappa shape index (κ1) is 14.5. The molecule has 4 nitrogen and oxygen atoms in total. The van der Waals surface area contributed by atoms with E-state index in [2.05, 4.69) is 10.2 Å². The summed E-state index contributed by atoms with van der Waals surface area (Å²) in [5, 5.41) is 2.84. The number of piperidine rings is 1. The van der Waals surface area contributed by atoms with Crippen molar-refractivity contribution >= 4 is 17.9 Å². The molecule has 0 unspecified atom stereocenters. The zero-order valence-corrected chi connectivity index (χ0v) is 11.6. The molecular weight excluding hydrogens is 259 g/mol. The lowest BCUT2D eigenvalue weighted by Gasteiger charge is -2.34. The molecular formula is C15H19FN2O2. The van der Waals surface area contributed by atoms with Crippen LogP contribution in [0.25, 0.3) is 0 Å². The first-order valence-corrected chi connectivity index (χ1v) is 6.84. The van der Waals surface area contributed by atoms with Gasteiger partial charge in [0.1, 0.15) is 5.82 Å². The molecule has 0 bridgehead atoms. The fourth-order valence-electron chi connectivity index (χ4n) is 2.57. The smallest absolute Gasteiger partial charge is 0.216 e. The van der Waals surface area contributed by atoms with Crippen LogP contribution in [0, 0.1) is 11.7 Å². The molecule has 0 spiro atoms.